The van der Waals surface area contributed by atoms with Gasteiger partial charge < -0.3 is 5.73 Å². The van der Waals surface area contributed by atoms with Crippen molar-refractivity contribution in [2.24, 2.45) is 5.73 Å². The first-order valence-corrected chi connectivity index (χ1v) is 7.12. The van der Waals surface area contributed by atoms with E-state index in [2.05, 4.69) is 27.0 Å². The maximum atomic E-state index is 5.76. The third-order valence-corrected chi connectivity index (χ3v) is 4.79. The second kappa shape index (κ2) is 5.07. The summed E-state index contributed by atoms with van der Waals surface area (Å²) in [5, 5.41) is 13.6. The van der Waals surface area contributed by atoms with Crippen LogP contribution >= 0.6 is 34.4 Å². The molecule has 0 aromatic carbocycles. The number of thiophene rings is 1. The van der Waals surface area contributed by atoms with Gasteiger partial charge in [-0.1, -0.05) is 23.1 Å². The molecule has 1 unspecified atom stereocenters. The van der Waals surface area contributed by atoms with Gasteiger partial charge in [0.05, 0.1) is 0 Å². The lowest BCUT2D eigenvalue weighted by molar-refractivity contribution is 0.932. The number of hydrogen-bond donors (Lipinski definition) is 1. The molecule has 15 heavy (non-hydrogen) atoms. The van der Waals surface area contributed by atoms with E-state index in [4.69, 9.17) is 5.73 Å². The lowest BCUT2D eigenvalue weighted by Gasteiger charge is -2.09. The highest BCUT2D eigenvalue weighted by molar-refractivity contribution is 8.01. The minimum atomic E-state index is 0.295. The summed E-state index contributed by atoms with van der Waals surface area (Å²) in [6, 6.07) is 2.11. The lowest BCUT2D eigenvalue weighted by Crippen LogP contribution is -2.08. The average Bonchev–Trinajstić information content (AvgIpc) is 2.85. The molecule has 2 heterocycles. The van der Waals surface area contributed by atoms with Gasteiger partial charge in [0.15, 0.2) is 4.34 Å². The first-order chi connectivity index (χ1) is 7.29. The van der Waals surface area contributed by atoms with Crippen molar-refractivity contribution in [3.63, 3.8) is 0 Å². The highest BCUT2D eigenvalue weighted by Gasteiger charge is 2.14. The molecule has 0 aliphatic carbocycles. The van der Waals surface area contributed by atoms with Crippen molar-refractivity contribution in [3.05, 3.63) is 27.4 Å². The third-order valence-electron chi connectivity index (χ3n) is 1.88. The topological polar surface area (TPSA) is 51.8 Å². The lowest BCUT2D eigenvalue weighted by atomic mass is 10.2. The quantitative estimate of drug-likeness (QED) is 0.856. The predicted octanol–water partition coefficient (Wildman–Crippen LogP) is 2.70. The van der Waals surface area contributed by atoms with Crippen molar-refractivity contribution in [1.29, 1.82) is 0 Å². The first-order valence-electron chi connectivity index (χ1n) is 4.48. The van der Waals surface area contributed by atoms with Crippen molar-refractivity contribution < 1.29 is 0 Å². The molecule has 0 saturated carbocycles. The molecule has 2 N–H and O–H groups in total. The van der Waals surface area contributed by atoms with E-state index < -0.39 is 0 Å². The summed E-state index contributed by atoms with van der Waals surface area (Å²) >= 11 is 5.01. The predicted molar refractivity (Wildman–Crippen MR) is 66.6 cm³/mol. The van der Waals surface area contributed by atoms with Crippen LogP contribution in [0.3, 0.4) is 0 Å². The second-order valence-electron chi connectivity index (χ2n) is 2.99. The Morgan fingerprint density at radius 3 is 2.93 bits per heavy atom. The number of hydrogen-bond acceptors (Lipinski definition) is 6. The largest absolute Gasteiger partial charge is 0.329 e. The van der Waals surface area contributed by atoms with Gasteiger partial charge in [0.2, 0.25) is 0 Å². The maximum absolute atomic E-state index is 5.76. The fourth-order valence-electron chi connectivity index (χ4n) is 1.16. The van der Waals surface area contributed by atoms with E-state index in [1.54, 1.807) is 34.4 Å². The van der Waals surface area contributed by atoms with E-state index in [0.29, 0.717) is 11.8 Å². The van der Waals surface area contributed by atoms with Crippen LogP contribution in [0.4, 0.5) is 0 Å². The maximum Gasteiger partial charge on any atom is 0.174 e. The Labute approximate surface area is 101 Å². The summed E-state index contributed by atoms with van der Waals surface area (Å²) < 4.78 is 0.995. The highest BCUT2D eigenvalue weighted by atomic mass is 32.2. The highest BCUT2D eigenvalue weighted by Crippen LogP contribution is 2.36. The second-order valence-corrected chi connectivity index (χ2v) is 6.40. The molecule has 0 saturated heterocycles. The normalized spacial score (nSPS) is 12.9. The molecule has 0 fully saturated rings. The van der Waals surface area contributed by atoms with Crippen molar-refractivity contribution >= 4 is 34.4 Å². The van der Waals surface area contributed by atoms with Crippen LogP contribution in [0.5, 0.6) is 0 Å². The molecular weight excluding hydrogens is 246 g/mol. The van der Waals surface area contributed by atoms with E-state index in [1.807, 2.05) is 6.92 Å². The smallest absolute Gasteiger partial charge is 0.174 e. The number of thioether (sulfide) groups is 1. The summed E-state index contributed by atoms with van der Waals surface area (Å²) in [6.07, 6.45) is 0. The molecule has 0 radical (unpaired) electrons. The van der Waals surface area contributed by atoms with Crippen LogP contribution < -0.4 is 5.73 Å². The van der Waals surface area contributed by atoms with Gasteiger partial charge in [0, 0.05) is 11.8 Å². The molecule has 2 aromatic rings. The molecule has 2 rings (SSSR count). The van der Waals surface area contributed by atoms with E-state index in [0.717, 1.165) is 9.35 Å². The van der Waals surface area contributed by atoms with Gasteiger partial charge in [0.1, 0.15) is 5.01 Å². The summed E-state index contributed by atoms with van der Waals surface area (Å²) in [5.74, 6) is 0. The molecular formula is C9H11N3S3. The van der Waals surface area contributed by atoms with Crippen LogP contribution in [-0.4, -0.2) is 16.7 Å². The number of aromatic nitrogens is 2. The molecule has 0 bridgehead atoms. The molecule has 0 aliphatic rings. The zero-order valence-corrected chi connectivity index (χ0v) is 10.7. The van der Waals surface area contributed by atoms with Crippen LogP contribution in [0.15, 0.2) is 21.2 Å². The van der Waals surface area contributed by atoms with Crippen molar-refractivity contribution in [3.8, 4) is 0 Å². The van der Waals surface area contributed by atoms with Gasteiger partial charge >= 0.3 is 0 Å². The van der Waals surface area contributed by atoms with Gasteiger partial charge in [-0.2, -0.15) is 11.3 Å². The Morgan fingerprint density at radius 2 is 2.40 bits per heavy atom. The Hall–Kier alpha value is -0.430. The average molecular weight is 257 g/mol. The monoisotopic (exact) mass is 257 g/mol. The number of nitrogens with two attached hydrogens (primary N) is 1. The first kappa shape index (κ1) is 11.1. The standard InChI is InChI=1S/C9H11N3S3/c1-6-11-12-9(14-6)15-8(4-10)7-2-3-13-5-7/h2-3,5,8H,4,10H2,1H3. The van der Waals surface area contributed by atoms with E-state index >= 15 is 0 Å². The van der Waals surface area contributed by atoms with Crippen LogP contribution in [0.2, 0.25) is 0 Å². The van der Waals surface area contributed by atoms with E-state index in [-0.39, 0.29) is 0 Å². The van der Waals surface area contributed by atoms with Crippen LogP contribution in [0, 0.1) is 6.92 Å². The van der Waals surface area contributed by atoms with Crippen molar-refractivity contribution in [1.82, 2.24) is 10.2 Å². The molecule has 1 atom stereocenters. The number of rotatable bonds is 4. The van der Waals surface area contributed by atoms with Crippen LogP contribution in [-0.2, 0) is 0 Å². The van der Waals surface area contributed by atoms with Crippen molar-refractivity contribution in [2.75, 3.05) is 6.54 Å². The third kappa shape index (κ3) is 2.78. The molecule has 0 aliphatic heterocycles. The molecule has 3 nitrogen and oxygen atoms in total. The Morgan fingerprint density at radius 1 is 1.53 bits per heavy atom. The molecule has 80 valence electrons. The van der Waals surface area contributed by atoms with Gasteiger partial charge in [-0.15, -0.1) is 10.2 Å². The SMILES string of the molecule is Cc1nnc(SC(CN)c2ccsc2)s1. The molecule has 0 amide bonds. The van der Waals surface area contributed by atoms with Crippen LogP contribution in [0.1, 0.15) is 15.8 Å². The Balaban J connectivity index is 2.09. The van der Waals surface area contributed by atoms with Gasteiger partial charge in [-0.05, 0) is 29.3 Å². The Kier molecular flexibility index (Phi) is 3.74. The van der Waals surface area contributed by atoms with Crippen LogP contribution in [0.25, 0.3) is 0 Å². The zero-order chi connectivity index (χ0) is 10.7. The number of nitrogens with zero attached hydrogens (tertiary/aromatic N) is 2. The molecule has 6 heteroatoms. The fourth-order valence-corrected chi connectivity index (χ4v) is 3.99. The zero-order valence-electron chi connectivity index (χ0n) is 8.21. The number of aryl methyl sites for hydroxylation is 1. The van der Waals surface area contributed by atoms with Crippen molar-refractivity contribution in [2.45, 2.75) is 16.5 Å². The summed E-state index contributed by atoms with van der Waals surface area (Å²) in [4.78, 5) is 0. The summed E-state index contributed by atoms with van der Waals surface area (Å²) in [7, 11) is 0. The van der Waals surface area contributed by atoms with E-state index in [9.17, 15) is 0 Å². The molecule has 0 spiro atoms. The fraction of sp³-hybridized carbons (Fsp3) is 0.333. The Bertz CT molecular complexity index is 410. The summed E-state index contributed by atoms with van der Waals surface area (Å²) in [6.45, 7) is 2.59. The van der Waals surface area contributed by atoms with E-state index in [1.165, 1.54) is 5.56 Å². The van der Waals surface area contributed by atoms with Gasteiger partial charge in [-0.3, -0.25) is 0 Å². The minimum absolute atomic E-state index is 0.295. The van der Waals surface area contributed by atoms with Gasteiger partial charge in [0.25, 0.3) is 0 Å². The van der Waals surface area contributed by atoms with Gasteiger partial charge in [-0.25, -0.2) is 0 Å². The minimum Gasteiger partial charge on any atom is -0.329 e. The molecule has 2 aromatic heterocycles. The summed E-state index contributed by atoms with van der Waals surface area (Å²) in [5.41, 5.74) is 7.04.